The Labute approximate surface area is 125 Å². The van der Waals surface area contributed by atoms with Crippen LogP contribution >= 0.6 is 27.7 Å². The predicted molar refractivity (Wildman–Crippen MR) is 80.0 cm³/mol. The number of carbonyl (C=O) groups is 1. The number of benzene rings is 1. The number of aromatic carboxylic acids is 1. The van der Waals surface area contributed by atoms with Gasteiger partial charge in [-0.05, 0) is 44.9 Å². The van der Waals surface area contributed by atoms with Crippen molar-refractivity contribution in [2.75, 3.05) is 5.75 Å². The van der Waals surface area contributed by atoms with Gasteiger partial charge in [0, 0.05) is 15.1 Å². The first-order valence-corrected chi connectivity index (χ1v) is 7.99. The molecule has 1 saturated heterocycles. The molecule has 0 saturated carbocycles. The van der Waals surface area contributed by atoms with Crippen LogP contribution in [-0.4, -0.2) is 28.5 Å². The molecule has 1 fully saturated rings. The lowest BCUT2D eigenvalue weighted by molar-refractivity contribution is -0.00468. The second kappa shape index (κ2) is 5.85. The zero-order valence-corrected chi connectivity index (χ0v) is 13.4. The van der Waals surface area contributed by atoms with Gasteiger partial charge in [-0.15, -0.1) is 11.8 Å². The van der Waals surface area contributed by atoms with E-state index < -0.39 is 5.97 Å². The number of thioether (sulfide) groups is 1. The SMILES string of the molecule is CC1(C)CCC(CSc2cc(Br)ccc2C(=O)O)O1. The van der Waals surface area contributed by atoms with E-state index in [4.69, 9.17) is 4.74 Å². The number of ether oxygens (including phenoxy) is 1. The van der Waals surface area contributed by atoms with Crippen LogP contribution in [0.5, 0.6) is 0 Å². The van der Waals surface area contributed by atoms with E-state index in [0.29, 0.717) is 5.56 Å². The highest BCUT2D eigenvalue weighted by molar-refractivity contribution is 9.10. The Hall–Kier alpha value is -0.520. The van der Waals surface area contributed by atoms with Crippen LogP contribution in [0.4, 0.5) is 0 Å². The van der Waals surface area contributed by atoms with E-state index >= 15 is 0 Å². The van der Waals surface area contributed by atoms with Crippen LogP contribution in [0.1, 0.15) is 37.0 Å². The third-order valence-electron chi connectivity index (χ3n) is 3.15. The number of carboxylic acids is 1. The highest BCUT2D eigenvalue weighted by Gasteiger charge is 2.31. The fourth-order valence-corrected chi connectivity index (χ4v) is 3.80. The maximum absolute atomic E-state index is 11.2. The van der Waals surface area contributed by atoms with Crippen molar-refractivity contribution >= 4 is 33.7 Å². The minimum atomic E-state index is -0.886. The summed E-state index contributed by atoms with van der Waals surface area (Å²) in [5, 5.41) is 9.17. The van der Waals surface area contributed by atoms with Crippen molar-refractivity contribution in [3.63, 3.8) is 0 Å². The predicted octanol–water partition coefficient (Wildman–Crippen LogP) is 4.20. The van der Waals surface area contributed by atoms with E-state index in [1.807, 2.05) is 6.07 Å². The highest BCUT2D eigenvalue weighted by atomic mass is 79.9. The molecule has 2 rings (SSSR count). The van der Waals surface area contributed by atoms with Crippen molar-refractivity contribution in [1.29, 1.82) is 0 Å². The summed E-state index contributed by atoms with van der Waals surface area (Å²) in [6, 6.07) is 5.24. The fraction of sp³-hybridized carbons (Fsp3) is 0.500. The van der Waals surface area contributed by atoms with E-state index in [2.05, 4.69) is 29.8 Å². The second-order valence-corrected chi connectivity index (χ2v) is 7.27. The molecule has 1 unspecified atom stereocenters. The molecular weight excluding hydrogens is 328 g/mol. The monoisotopic (exact) mass is 344 g/mol. The average molecular weight is 345 g/mol. The number of hydrogen-bond acceptors (Lipinski definition) is 3. The van der Waals surface area contributed by atoms with Crippen LogP contribution < -0.4 is 0 Å². The summed E-state index contributed by atoms with van der Waals surface area (Å²) in [4.78, 5) is 12.0. The molecule has 0 bridgehead atoms. The molecule has 0 radical (unpaired) electrons. The lowest BCUT2D eigenvalue weighted by Crippen LogP contribution is -2.21. The zero-order valence-electron chi connectivity index (χ0n) is 11.0. The van der Waals surface area contributed by atoms with Crippen LogP contribution in [0.2, 0.25) is 0 Å². The largest absolute Gasteiger partial charge is 0.478 e. The normalized spacial score (nSPS) is 21.5. The Morgan fingerprint density at radius 1 is 1.58 bits per heavy atom. The molecule has 1 aromatic carbocycles. The molecule has 0 aromatic heterocycles. The van der Waals surface area contributed by atoms with E-state index in [9.17, 15) is 9.90 Å². The summed E-state index contributed by atoms with van der Waals surface area (Å²) < 4.78 is 6.82. The van der Waals surface area contributed by atoms with Gasteiger partial charge in [-0.2, -0.15) is 0 Å². The Bertz CT molecular complexity index is 488. The smallest absolute Gasteiger partial charge is 0.336 e. The molecule has 1 heterocycles. The van der Waals surface area contributed by atoms with Gasteiger partial charge in [-0.3, -0.25) is 0 Å². The Balaban J connectivity index is 2.03. The summed E-state index contributed by atoms with van der Waals surface area (Å²) in [5.41, 5.74) is 0.309. The van der Waals surface area contributed by atoms with Crippen molar-refractivity contribution in [2.45, 2.75) is 43.3 Å². The summed E-state index contributed by atoms with van der Waals surface area (Å²) >= 11 is 4.93. The van der Waals surface area contributed by atoms with Crippen LogP contribution in [0.15, 0.2) is 27.6 Å². The number of hydrogen-bond donors (Lipinski definition) is 1. The Kier molecular flexibility index (Phi) is 4.58. The Morgan fingerprint density at radius 2 is 2.32 bits per heavy atom. The first kappa shape index (κ1) is 14.9. The van der Waals surface area contributed by atoms with E-state index in [1.165, 1.54) is 0 Å². The maximum Gasteiger partial charge on any atom is 0.336 e. The highest BCUT2D eigenvalue weighted by Crippen LogP contribution is 2.34. The lowest BCUT2D eigenvalue weighted by Gasteiger charge is -2.19. The van der Waals surface area contributed by atoms with Crippen molar-refractivity contribution in [2.24, 2.45) is 0 Å². The molecule has 1 N–H and O–H groups in total. The van der Waals surface area contributed by atoms with Crippen LogP contribution in [0.25, 0.3) is 0 Å². The molecule has 1 atom stereocenters. The van der Waals surface area contributed by atoms with Crippen molar-refractivity contribution < 1.29 is 14.6 Å². The first-order chi connectivity index (χ1) is 8.87. The van der Waals surface area contributed by atoms with Crippen molar-refractivity contribution in [1.82, 2.24) is 0 Å². The molecule has 19 heavy (non-hydrogen) atoms. The topological polar surface area (TPSA) is 46.5 Å². The molecule has 104 valence electrons. The molecule has 1 aliphatic heterocycles. The van der Waals surface area contributed by atoms with Gasteiger partial charge >= 0.3 is 5.97 Å². The Morgan fingerprint density at radius 3 is 2.89 bits per heavy atom. The lowest BCUT2D eigenvalue weighted by atomic mass is 10.1. The van der Waals surface area contributed by atoms with Crippen molar-refractivity contribution in [3.8, 4) is 0 Å². The summed E-state index contributed by atoms with van der Waals surface area (Å²) in [5.74, 6) is -0.0946. The van der Waals surface area contributed by atoms with Crippen molar-refractivity contribution in [3.05, 3.63) is 28.2 Å². The molecule has 0 spiro atoms. The minimum absolute atomic E-state index is 0.0435. The van der Waals surface area contributed by atoms with Gasteiger partial charge in [-0.1, -0.05) is 15.9 Å². The molecule has 1 aromatic rings. The quantitative estimate of drug-likeness (QED) is 0.831. The molecular formula is C14H17BrO3S. The summed E-state index contributed by atoms with van der Waals surface area (Å²) in [6.07, 6.45) is 2.31. The minimum Gasteiger partial charge on any atom is -0.478 e. The van der Waals surface area contributed by atoms with Gasteiger partial charge in [0.15, 0.2) is 0 Å². The zero-order chi connectivity index (χ0) is 14.0. The van der Waals surface area contributed by atoms with Gasteiger partial charge in [-0.25, -0.2) is 4.79 Å². The third kappa shape index (κ3) is 3.97. The first-order valence-electron chi connectivity index (χ1n) is 6.21. The number of rotatable bonds is 4. The average Bonchev–Trinajstić information content (AvgIpc) is 2.66. The maximum atomic E-state index is 11.2. The third-order valence-corrected chi connectivity index (χ3v) is 4.83. The van der Waals surface area contributed by atoms with E-state index in [-0.39, 0.29) is 11.7 Å². The molecule has 3 nitrogen and oxygen atoms in total. The van der Waals surface area contributed by atoms with Gasteiger partial charge < -0.3 is 9.84 Å². The molecule has 5 heteroatoms. The molecule has 0 amide bonds. The van der Waals surface area contributed by atoms with E-state index in [1.54, 1.807) is 23.9 Å². The fourth-order valence-electron chi connectivity index (χ4n) is 2.17. The van der Waals surface area contributed by atoms with Gasteiger partial charge in [0.25, 0.3) is 0 Å². The molecule has 0 aliphatic carbocycles. The van der Waals surface area contributed by atoms with E-state index in [0.717, 1.165) is 28.0 Å². The molecule has 1 aliphatic rings. The standard InChI is InChI=1S/C14H17BrO3S/c1-14(2)6-5-10(18-14)8-19-12-7-9(15)3-4-11(12)13(16)17/h3-4,7,10H,5-6,8H2,1-2H3,(H,16,17). The van der Waals surface area contributed by atoms with Gasteiger partial charge in [0.05, 0.1) is 17.3 Å². The summed E-state index contributed by atoms with van der Waals surface area (Å²) in [7, 11) is 0. The van der Waals surface area contributed by atoms with Gasteiger partial charge in [0.1, 0.15) is 0 Å². The summed E-state index contributed by atoms with van der Waals surface area (Å²) in [6.45, 7) is 4.19. The second-order valence-electron chi connectivity index (χ2n) is 5.29. The van der Waals surface area contributed by atoms with Gasteiger partial charge in [0.2, 0.25) is 0 Å². The number of carboxylic acid groups (broad SMARTS) is 1. The number of halogens is 1. The van der Waals surface area contributed by atoms with Crippen LogP contribution in [-0.2, 0) is 4.74 Å². The van der Waals surface area contributed by atoms with Crippen LogP contribution in [0.3, 0.4) is 0 Å². The van der Waals surface area contributed by atoms with Crippen LogP contribution in [0, 0.1) is 0 Å².